The van der Waals surface area contributed by atoms with E-state index in [2.05, 4.69) is 10.2 Å². The number of halogens is 1. The van der Waals surface area contributed by atoms with Gasteiger partial charge in [0.25, 0.3) is 5.91 Å². The minimum Gasteiger partial charge on any atom is -0.367 e. The Hall–Kier alpha value is -3.79. The van der Waals surface area contributed by atoms with Gasteiger partial charge in [-0.2, -0.15) is 0 Å². The molecule has 0 spiro atoms. The second-order valence-corrected chi connectivity index (χ2v) is 9.19. The van der Waals surface area contributed by atoms with Crippen LogP contribution < -0.4 is 16.0 Å². The normalized spacial score (nSPS) is 20.7. The lowest BCUT2D eigenvalue weighted by Crippen LogP contribution is -2.52. The van der Waals surface area contributed by atoms with Crippen molar-refractivity contribution in [2.75, 3.05) is 31.1 Å². The average molecular weight is 480 g/mol. The molecule has 2 aromatic rings. The molecule has 0 aromatic heterocycles. The van der Waals surface area contributed by atoms with Crippen LogP contribution in [0.15, 0.2) is 36.4 Å². The summed E-state index contributed by atoms with van der Waals surface area (Å²) in [5, 5.41) is 2.28. The first kappa shape index (κ1) is 23.0. The Balaban J connectivity index is 1.25. The molecule has 5 rings (SSSR count). The SMILES string of the molecule is NC(=O)c1cccc(CN2CCN(c3cc4c(cc3F)C(=O)N(C3CCC(=O)NC3=O)C4)CC2)c1. The third-order valence-electron chi connectivity index (χ3n) is 6.92. The van der Waals surface area contributed by atoms with Gasteiger partial charge in [-0.25, -0.2) is 4.39 Å². The minimum absolute atomic E-state index is 0.174. The van der Waals surface area contributed by atoms with Crippen molar-refractivity contribution in [1.82, 2.24) is 15.1 Å². The number of nitrogens with two attached hydrogens (primary N) is 1. The van der Waals surface area contributed by atoms with E-state index in [1.165, 1.54) is 11.0 Å². The monoisotopic (exact) mass is 479 g/mol. The van der Waals surface area contributed by atoms with Crippen LogP contribution >= 0.6 is 0 Å². The number of carbonyl (C=O) groups is 4. The lowest BCUT2D eigenvalue weighted by molar-refractivity contribution is -0.136. The van der Waals surface area contributed by atoms with Gasteiger partial charge in [0.15, 0.2) is 0 Å². The Morgan fingerprint density at radius 2 is 1.86 bits per heavy atom. The predicted octanol–water partition coefficient (Wildman–Crippen LogP) is 1.01. The van der Waals surface area contributed by atoms with Gasteiger partial charge in [0.2, 0.25) is 17.7 Å². The largest absolute Gasteiger partial charge is 0.367 e. The van der Waals surface area contributed by atoms with Crippen LogP contribution in [0.1, 0.15) is 44.7 Å². The Morgan fingerprint density at radius 3 is 2.57 bits per heavy atom. The number of hydrogen-bond donors (Lipinski definition) is 2. The molecule has 182 valence electrons. The quantitative estimate of drug-likeness (QED) is 0.619. The molecule has 2 saturated heterocycles. The summed E-state index contributed by atoms with van der Waals surface area (Å²) in [6.07, 6.45) is 0.442. The first-order chi connectivity index (χ1) is 16.8. The van der Waals surface area contributed by atoms with Crippen LogP contribution in [0, 0.1) is 5.82 Å². The molecule has 2 aromatic carbocycles. The van der Waals surface area contributed by atoms with Crippen molar-refractivity contribution < 1.29 is 23.6 Å². The van der Waals surface area contributed by atoms with E-state index in [-0.39, 0.29) is 36.8 Å². The zero-order chi connectivity index (χ0) is 24.7. The van der Waals surface area contributed by atoms with Crippen LogP contribution in [0.4, 0.5) is 10.1 Å². The maximum absolute atomic E-state index is 15.1. The standard InChI is InChI=1S/C25H26FN5O4/c26-19-12-18-17(14-31(25(18)35)20-4-5-22(32)28-24(20)34)11-21(19)30-8-6-29(7-9-30)13-15-2-1-3-16(10-15)23(27)33/h1-3,10-12,20H,4-9,13-14H2,(H2,27,33)(H,28,32,34). The molecule has 4 amide bonds. The number of piperidine rings is 1. The molecule has 1 unspecified atom stereocenters. The van der Waals surface area contributed by atoms with E-state index in [1.54, 1.807) is 18.2 Å². The first-order valence-electron chi connectivity index (χ1n) is 11.6. The van der Waals surface area contributed by atoms with Gasteiger partial charge in [-0.15, -0.1) is 0 Å². The number of fused-ring (bicyclic) bond motifs is 1. The Kier molecular flexibility index (Phi) is 5.98. The predicted molar refractivity (Wildman–Crippen MR) is 125 cm³/mol. The van der Waals surface area contributed by atoms with Crippen molar-refractivity contribution >= 4 is 29.3 Å². The molecule has 35 heavy (non-hydrogen) atoms. The van der Waals surface area contributed by atoms with Gasteiger partial charge < -0.3 is 15.5 Å². The summed E-state index contributed by atoms with van der Waals surface area (Å²) in [7, 11) is 0. The first-order valence-corrected chi connectivity index (χ1v) is 11.6. The van der Waals surface area contributed by atoms with E-state index in [9.17, 15) is 19.2 Å². The number of piperazine rings is 1. The van der Waals surface area contributed by atoms with E-state index in [4.69, 9.17) is 5.73 Å². The summed E-state index contributed by atoms with van der Waals surface area (Å²) < 4.78 is 15.1. The number of hydrogen-bond acceptors (Lipinski definition) is 6. The number of rotatable bonds is 5. The fourth-order valence-corrected chi connectivity index (χ4v) is 5.05. The van der Waals surface area contributed by atoms with Gasteiger partial charge >= 0.3 is 0 Å². The third kappa shape index (κ3) is 4.49. The maximum Gasteiger partial charge on any atom is 0.255 e. The maximum atomic E-state index is 15.1. The zero-order valence-electron chi connectivity index (χ0n) is 19.1. The molecule has 0 aliphatic carbocycles. The van der Waals surface area contributed by atoms with Gasteiger partial charge in [0.05, 0.1) is 5.69 Å². The number of nitrogens with one attached hydrogen (secondary N) is 1. The molecule has 2 fully saturated rings. The van der Waals surface area contributed by atoms with Gasteiger partial charge in [-0.1, -0.05) is 12.1 Å². The smallest absolute Gasteiger partial charge is 0.255 e. The van der Waals surface area contributed by atoms with Crippen LogP contribution in [-0.4, -0.2) is 65.6 Å². The van der Waals surface area contributed by atoms with E-state index in [1.807, 2.05) is 17.0 Å². The number of carbonyl (C=O) groups excluding carboxylic acids is 4. The molecule has 3 heterocycles. The summed E-state index contributed by atoms with van der Waals surface area (Å²) in [6, 6.07) is 9.48. The topological polar surface area (TPSA) is 116 Å². The average Bonchev–Trinajstić information content (AvgIpc) is 3.14. The summed E-state index contributed by atoms with van der Waals surface area (Å²) in [5.74, 6) is -2.14. The van der Waals surface area contributed by atoms with E-state index < -0.39 is 23.7 Å². The van der Waals surface area contributed by atoms with Gasteiger partial charge in [-0.3, -0.25) is 29.4 Å². The number of benzene rings is 2. The highest BCUT2D eigenvalue weighted by Gasteiger charge is 2.40. The van der Waals surface area contributed by atoms with E-state index in [0.717, 1.165) is 5.56 Å². The van der Waals surface area contributed by atoms with E-state index in [0.29, 0.717) is 49.5 Å². The number of imide groups is 1. The van der Waals surface area contributed by atoms with Crippen molar-refractivity contribution in [3.63, 3.8) is 0 Å². The molecular weight excluding hydrogens is 453 g/mol. The fraction of sp³-hybridized carbons (Fsp3) is 0.360. The summed E-state index contributed by atoms with van der Waals surface area (Å²) in [4.78, 5) is 53.6. The molecule has 3 aliphatic heterocycles. The molecule has 0 saturated carbocycles. The lowest BCUT2D eigenvalue weighted by Gasteiger charge is -2.36. The van der Waals surface area contributed by atoms with Crippen molar-refractivity contribution in [3.8, 4) is 0 Å². The molecule has 9 nitrogen and oxygen atoms in total. The summed E-state index contributed by atoms with van der Waals surface area (Å²) in [5.41, 5.74) is 8.23. The Bertz CT molecular complexity index is 1220. The molecule has 0 bridgehead atoms. The molecule has 10 heteroatoms. The zero-order valence-corrected chi connectivity index (χ0v) is 19.1. The van der Waals surface area contributed by atoms with Crippen LogP contribution in [-0.2, 0) is 22.7 Å². The molecular formula is C25H26FN5O4. The number of anilines is 1. The van der Waals surface area contributed by atoms with Crippen molar-refractivity contribution in [2.45, 2.75) is 32.0 Å². The van der Waals surface area contributed by atoms with Crippen LogP contribution in [0.25, 0.3) is 0 Å². The summed E-state index contributed by atoms with van der Waals surface area (Å²) in [6.45, 7) is 3.50. The van der Waals surface area contributed by atoms with Crippen LogP contribution in [0.3, 0.4) is 0 Å². The Morgan fingerprint density at radius 1 is 1.09 bits per heavy atom. The van der Waals surface area contributed by atoms with E-state index >= 15 is 4.39 Å². The van der Waals surface area contributed by atoms with Gasteiger partial charge in [0.1, 0.15) is 11.9 Å². The molecule has 3 N–H and O–H groups in total. The van der Waals surface area contributed by atoms with Gasteiger partial charge in [-0.05, 0) is 41.8 Å². The number of amides is 4. The highest BCUT2D eigenvalue weighted by Crippen LogP contribution is 2.33. The summed E-state index contributed by atoms with van der Waals surface area (Å²) >= 11 is 0. The van der Waals surface area contributed by atoms with Gasteiger partial charge in [0, 0.05) is 56.8 Å². The Labute approximate surface area is 201 Å². The number of primary amides is 1. The number of nitrogens with zero attached hydrogens (tertiary/aromatic N) is 3. The fourth-order valence-electron chi connectivity index (χ4n) is 5.05. The molecule has 3 aliphatic rings. The van der Waals surface area contributed by atoms with Crippen molar-refractivity contribution in [1.29, 1.82) is 0 Å². The molecule has 1 atom stereocenters. The highest BCUT2D eigenvalue weighted by molar-refractivity contribution is 6.05. The minimum atomic E-state index is -0.726. The highest BCUT2D eigenvalue weighted by atomic mass is 19.1. The van der Waals surface area contributed by atoms with Crippen molar-refractivity contribution in [3.05, 3.63) is 64.5 Å². The van der Waals surface area contributed by atoms with Crippen LogP contribution in [0.2, 0.25) is 0 Å². The van der Waals surface area contributed by atoms with Crippen molar-refractivity contribution in [2.24, 2.45) is 5.73 Å². The molecule has 0 radical (unpaired) electrons. The van der Waals surface area contributed by atoms with Crippen LogP contribution in [0.5, 0.6) is 0 Å². The lowest BCUT2D eigenvalue weighted by atomic mass is 10.0. The second-order valence-electron chi connectivity index (χ2n) is 9.19. The second kappa shape index (κ2) is 9.10. The third-order valence-corrected chi connectivity index (χ3v) is 6.92.